The van der Waals surface area contributed by atoms with E-state index in [4.69, 9.17) is 20.4 Å². The number of carboxylic acid groups (broad SMARTS) is 2. The summed E-state index contributed by atoms with van der Waals surface area (Å²) in [6.45, 7) is 10.2. The fourth-order valence-electron chi connectivity index (χ4n) is 5.46. The third-order valence-electron chi connectivity index (χ3n) is 7.25. The fourth-order valence-corrected chi connectivity index (χ4v) is 5.46. The Morgan fingerprint density at radius 2 is 1.73 bits per heavy atom. The summed E-state index contributed by atoms with van der Waals surface area (Å²) in [5.41, 5.74) is 7.10. The van der Waals surface area contributed by atoms with Gasteiger partial charge in [0.25, 0.3) is 0 Å². The van der Waals surface area contributed by atoms with Crippen molar-refractivity contribution in [2.24, 2.45) is 0 Å². The number of urea groups is 1. The zero-order valence-electron chi connectivity index (χ0n) is 21.6. The first kappa shape index (κ1) is 28.4. The van der Waals surface area contributed by atoms with Crippen LogP contribution in [0.5, 0.6) is 0 Å². The number of nitrogens with zero attached hydrogens (tertiary/aromatic N) is 3. The number of amides is 2. The molecule has 2 amide bonds. The summed E-state index contributed by atoms with van der Waals surface area (Å²) in [6.07, 6.45) is 2.49. The van der Waals surface area contributed by atoms with Crippen LogP contribution in [0, 0.1) is 0 Å². The van der Waals surface area contributed by atoms with Crippen molar-refractivity contribution in [1.29, 1.82) is 0 Å². The number of rotatable bonds is 8. The Bertz CT molecular complexity index is 1090. The van der Waals surface area contributed by atoms with Crippen molar-refractivity contribution in [1.82, 2.24) is 14.5 Å². The maximum Gasteiger partial charge on any atom is 0.336 e. The van der Waals surface area contributed by atoms with Crippen LogP contribution >= 0.6 is 0 Å². The number of benzene rings is 1. The second-order valence-corrected chi connectivity index (χ2v) is 9.48. The lowest BCUT2D eigenvalue weighted by Gasteiger charge is -2.44. The minimum absolute atomic E-state index is 0.0295. The molecule has 1 aromatic carbocycles. The van der Waals surface area contributed by atoms with Gasteiger partial charge in [-0.3, -0.25) is 9.58 Å². The van der Waals surface area contributed by atoms with Crippen LogP contribution in [0.4, 0.5) is 4.79 Å². The lowest BCUT2D eigenvalue weighted by Crippen LogP contribution is -2.46. The molecule has 4 rings (SSSR count). The molecule has 1 aliphatic carbocycles. The normalized spacial score (nSPS) is 20.2. The number of aromatic nitrogens is 1. The maximum absolute atomic E-state index is 12.6. The predicted octanol–water partition coefficient (Wildman–Crippen LogP) is 2.04. The topological polar surface area (TPSA) is 156 Å². The molecule has 1 aliphatic heterocycles. The minimum atomic E-state index is -2.27. The molecule has 37 heavy (non-hydrogen) atoms. The highest BCUT2D eigenvalue weighted by Crippen LogP contribution is 2.43. The van der Waals surface area contributed by atoms with Crippen LogP contribution in [0.15, 0.2) is 24.4 Å². The average Bonchev–Trinajstić information content (AvgIpc) is 3.23. The van der Waals surface area contributed by atoms with Gasteiger partial charge in [-0.1, -0.05) is 19.1 Å². The molecule has 0 saturated carbocycles. The van der Waals surface area contributed by atoms with Crippen molar-refractivity contribution in [3.8, 4) is 0 Å². The van der Waals surface area contributed by atoms with E-state index in [1.54, 1.807) is 0 Å². The first-order valence-electron chi connectivity index (χ1n) is 12.9. The lowest BCUT2D eigenvalue weighted by atomic mass is 9.75. The van der Waals surface area contributed by atoms with Crippen molar-refractivity contribution < 1.29 is 34.8 Å². The van der Waals surface area contributed by atoms with Crippen molar-refractivity contribution in [2.75, 3.05) is 31.6 Å². The van der Waals surface area contributed by atoms with E-state index in [-0.39, 0.29) is 6.03 Å². The molecule has 2 heterocycles. The van der Waals surface area contributed by atoms with Crippen molar-refractivity contribution in [3.05, 3.63) is 35.5 Å². The fraction of sp³-hybridized carbons (Fsp3) is 0.577. The highest BCUT2D eigenvalue weighted by Gasteiger charge is 2.37. The Kier molecular flexibility index (Phi) is 9.52. The number of nitrogens with one attached hydrogen (secondary N) is 1. The lowest BCUT2D eigenvalue weighted by molar-refractivity contribution is -0.165. The van der Waals surface area contributed by atoms with Crippen LogP contribution < -0.4 is 5.43 Å². The van der Waals surface area contributed by atoms with Gasteiger partial charge in [0.1, 0.15) is 0 Å². The highest BCUT2D eigenvalue weighted by atomic mass is 16.4. The van der Waals surface area contributed by atoms with Crippen LogP contribution in [0.25, 0.3) is 10.9 Å². The summed E-state index contributed by atoms with van der Waals surface area (Å²) in [7, 11) is 0. The zero-order valence-corrected chi connectivity index (χ0v) is 21.6. The average molecular weight is 519 g/mol. The van der Waals surface area contributed by atoms with Crippen molar-refractivity contribution in [2.45, 2.75) is 70.6 Å². The molecule has 0 radical (unpaired) electrons. The van der Waals surface area contributed by atoms with E-state index >= 15 is 0 Å². The summed E-state index contributed by atoms with van der Waals surface area (Å²) in [6, 6.07) is 7.18. The van der Waals surface area contributed by atoms with Gasteiger partial charge in [-0.25, -0.2) is 19.8 Å². The van der Waals surface area contributed by atoms with Crippen LogP contribution in [-0.4, -0.2) is 97.3 Å². The van der Waals surface area contributed by atoms with Crippen LogP contribution in [0.1, 0.15) is 57.1 Å². The third-order valence-corrected chi connectivity index (χ3v) is 7.25. The number of carbonyl (C=O) groups is 3. The van der Waals surface area contributed by atoms with Gasteiger partial charge >= 0.3 is 18.0 Å². The molecule has 0 spiro atoms. The molecule has 2 aromatic rings. The van der Waals surface area contributed by atoms with Gasteiger partial charge < -0.3 is 25.3 Å². The molecular formula is C26H38N4O7. The highest BCUT2D eigenvalue weighted by molar-refractivity contribution is 5.92. The summed E-state index contributed by atoms with van der Waals surface area (Å²) in [4.78, 5) is 36.6. The van der Waals surface area contributed by atoms with Crippen LogP contribution in [0.3, 0.4) is 0 Å². The monoisotopic (exact) mass is 518 g/mol. The number of fused-ring (bicyclic) bond motifs is 2. The van der Waals surface area contributed by atoms with Gasteiger partial charge in [0.15, 0.2) is 12.2 Å². The van der Waals surface area contributed by atoms with Crippen LogP contribution in [-0.2, 0) is 16.0 Å². The maximum atomic E-state index is 12.6. The number of aliphatic hydroxyl groups excluding tert-OH is 2. The Hall–Kier alpha value is -3.15. The summed E-state index contributed by atoms with van der Waals surface area (Å²) >= 11 is 0. The second kappa shape index (κ2) is 12.4. The number of hydrogen-bond acceptors (Lipinski definition) is 6. The smallest absolute Gasteiger partial charge is 0.336 e. The van der Waals surface area contributed by atoms with Gasteiger partial charge in [0.05, 0.1) is 5.52 Å². The number of hydrogen-bond donors (Lipinski definition) is 5. The first-order valence-corrected chi connectivity index (χ1v) is 12.9. The van der Waals surface area contributed by atoms with E-state index in [1.807, 2.05) is 23.4 Å². The molecule has 204 valence electrons. The Balaban J connectivity index is 0.000000325. The summed E-state index contributed by atoms with van der Waals surface area (Å²) in [5.74, 6) is -2.92. The van der Waals surface area contributed by atoms with E-state index < -0.39 is 24.1 Å². The third kappa shape index (κ3) is 6.06. The van der Waals surface area contributed by atoms with Gasteiger partial charge in [0, 0.05) is 36.6 Å². The second-order valence-electron chi connectivity index (χ2n) is 9.48. The Labute approximate surface area is 216 Å². The standard InChI is InChI=1S/C22H32N4O.C4H6O6/c1-4-12-25-13-8-10-17-18-9-7-11-19-21(18)16(14-20(17)25)15-26(19)23-22(27)24(5-2)6-3;5-1(3(7)8)2(6)4(9)10/h7,9,11,15,17,20H,4-6,8,10,12-14H2,1-3H3,(H,23,27);1-2,5-6H,(H,7,8)(H,9,10)/t17-,20-;/m1./s1. The van der Waals surface area contributed by atoms with Gasteiger partial charge in [-0.05, 0) is 69.8 Å². The van der Waals surface area contributed by atoms with Gasteiger partial charge in [-0.15, -0.1) is 0 Å². The molecule has 1 aromatic heterocycles. The number of likely N-dealkylation sites (tertiary alicyclic amines) is 1. The molecule has 1 fully saturated rings. The molecule has 2 unspecified atom stereocenters. The molecular weight excluding hydrogens is 480 g/mol. The molecule has 0 bridgehead atoms. The number of aliphatic carboxylic acids is 2. The van der Waals surface area contributed by atoms with E-state index in [1.165, 1.54) is 48.9 Å². The molecule has 4 atom stereocenters. The Morgan fingerprint density at radius 3 is 2.30 bits per heavy atom. The molecule has 5 N–H and O–H groups in total. The molecule has 1 saturated heterocycles. The number of aliphatic hydroxyl groups is 2. The van der Waals surface area contributed by atoms with E-state index in [0.717, 1.165) is 25.0 Å². The van der Waals surface area contributed by atoms with Crippen molar-refractivity contribution >= 4 is 28.9 Å². The molecule has 11 heteroatoms. The minimum Gasteiger partial charge on any atom is -0.479 e. The van der Waals surface area contributed by atoms with E-state index in [0.29, 0.717) is 12.0 Å². The number of carboxylic acids is 2. The first-order chi connectivity index (χ1) is 17.6. The SMILES string of the molecule is CCCN1CCC[C@@H]2c3cccc4c3c(cn4NC(=O)N(CC)CC)C[C@H]21.O=C(O)C(O)C(O)C(=O)O. The van der Waals surface area contributed by atoms with Gasteiger partial charge in [-0.2, -0.15) is 0 Å². The largest absolute Gasteiger partial charge is 0.479 e. The Morgan fingerprint density at radius 1 is 1.08 bits per heavy atom. The van der Waals surface area contributed by atoms with E-state index in [2.05, 4.69) is 41.6 Å². The molecule has 11 nitrogen and oxygen atoms in total. The quantitative estimate of drug-likeness (QED) is 0.356. The number of piperidine rings is 1. The molecule has 2 aliphatic rings. The van der Waals surface area contributed by atoms with Crippen molar-refractivity contribution in [3.63, 3.8) is 0 Å². The number of carbonyl (C=O) groups excluding carboxylic acids is 1. The summed E-state index contributed by atoms with van der Waals surface area (Å²) in [5, 5.41) is 33.9. The van der Waals surface area contributed by atoms with E-state index in [9.17, 15) is 14.4 Å². The predicted molar refractivity (Wildman–Crippen MR) is 138 cm³/mol. The zero-order chi connectivity index (χ0) is 27.3. The van der Waals surface area contributed by atoms with Crippen LogP contribution in [0.2, 0.25) is 0 Å². The van der Waals surface area contributed by atoms with Gasteiger partial charge in [0.2, 0.25) is 0 Å². The summed E-state index contributed by atoms with van der Waals surface area (Å²) < 4.78 is 1.95.